The van der Waals surface area contributed by atoms with Gasteiger partial charge in [0.2, 0.25) is 0 Å². The van der Waals surface area contributed by atoms with Gasteiger partial charge >= 0.3 is 0 Å². The number of thiophene rings is 2. The Morgan fingerprint density at radius 1 is 1.03 bits per heavy atom. The van der Waals surface area contributed by atoms with Gasteiger partial charge in [0.05, 0.1) is 26.9 Å². The summed E-state index contributed by atoms with van der Waals surface area (Å²) in [5.41, 5.74) is 3.83. The van der Waals surface area contributed by atoms with Gasteiger partial charge in [0.15, 0.2) is 0 Å². The number of nitrogens with one attached hydrogen (secondary N) is 1. The second-order valence-corrected chi connectivity index (χ2v) is 8.82. The van der Waals surface area contributed by atoms with E-state index in [2.05, 4.69) is 17.4 Å². The van der Waals surface area contributed by atoms with Gasteiger partial charge in [0.25, 0.3) is 5.91 Å². The second-order valence-electron chi connectivity index (χ2n) is 6.92. The first-order valence-corrected chi connectivity index (χ1v) is 11.3. The van der Waals surface area contributed by atoms with Gasteiger partial charge in [0.1, 0.15) is 11.4 Å². The van der Waals surface area contributed by atoms with Crippen LogP contribution in [0.4, 0.5) is 0 Å². The number of hydrogen-bond acceptors (Lipinski definition) is 6. The van der Waals surface area contributed by atoms with Crippen LogP contribution in [0.25, 0.3) is 32.2 Å². The molecular formula is C22H19N3O2S2. The van der Waals surface area contributed by atoms with Gasteiger partial charge in [-0.2, -0.15) is 0 Å². The molecule has 1 aliphatic heterocycles. The largest absolute Gasteiger partial charge is 0.376 e. The molecular weight excluding hydrogens is 402 g/mol. The van der Waals surface area contributed by atoms with Crippen LogP contribution in [0.1, 0.15) is 23.2 Å². The molecule has 1 saturated heterocycles. The standard InChI is InChI=1S/C22H19N3O2S2/c26-22(23-13-15-4-1-9-27-15)14-7-8-16-17(12-14)25-21(19-6-3-11-29-19)20(24-16)18-5-2-10-28-18/h2-3,5-8,10-12,15H,1,4,9,13H2,(H,23,26). The summed E-state index contributed by atoms with van der Waals surface area (Å²) in [4.78, 5) is 24.5. The number of hydrogen-bond donors (Lipinski definition) is 1. The third kappa shape index (κ3) is 3.81. The van der Waals surface area contributed by atoms with E-state index in [4.69, 9.17) is 14.7 Å². The molecule has 0 aliphatic carbocycles. The van der Waals surface area contributed by atoms with Gasteiger partial charge in [-0.05, 0) is 53.9 Å². The first-order valence-electron chi connectivity index (χ1n) is 9.57. The van der Waals surface area contributed by atoms with Crippen LogP contribution in [0, 0.1) is 0 Å². The maximum atomic E-state index is 12.6. The molecule has 29 heavy (non-hydrogen) atoms. The SMILES string of the molecule is O=C(NCC1CCCO1)c1ccc2nc(-c3cccs3)c(-c3cccs3)nc2c1. The monoisotopic (exact) mass is 421 g/mol. The molecule has 1 aromatic carbocycles. The van der Waals surface area contributed by atoms with Gasteiger partial charge in [-0.3, -0.25) is 4.79 Å². The van der Waals surface area contributed by atoms with Crippen molar-refractivity contribution in [3.63, 3.8) is 0 Å². The number of benzene rings is 1. The van der Waals surface area contributed by atoms with Crippen molar-refractivity contribution in [2.75, 3.05) is 13.2 Å². The molecule has 1 unspecified atom stereocenters. The Hall–Kier alpha value is -2.61. The maximum Gasteiger partial charge on any atom is 0.251 e. The Labute approximate surface area is 176 Å². The number of ether oxygens (including phenoxy) is 1. The number of carbonyl (C=O) groups is 1. The zero-order valence-corrected chi connectivity index (χ0v) is 17.3. The third-order valence-corrected chi connectivity index (χ3v) is 6.70. The van der Waals surface area contributed by atoms with E-state index in [1.807, 2.05) is 41.1 Å². The van der Waals surface area contributed by atoms with Crippen LogP contribution >= 0.6 is 22.7 Å². The summed E-state index contributed by atoms with van der Waals surface area (Å²) in [5.74, 6) is -0.107. The number of aromatic nitrogens is 2. The van der Waals surface area contributed by atoms with E-state index in [1.165, 1.54) is 0 Å². The number of amides is 1. The van der Waals surface area contributed by atoms with E-state index in [0.29, 0.717) is 12.1 Å². The summed E-state index contributed by atoms with van der Waals surface area (Å²) in [6.45, 7) is 1.32. The maximum absolute atomic E-state index is 12.6. The van der Waals surface area contributed by atoms with Crippen LogP contribution in [0.15, 0.2) is 53.2 Å². The molecule has 3 aromatic heterocycles. The zero-order chi connectivity index (χ0) is 19.6. The molecule has 0 bridgehead atoms. The summed E-state index contributed by atoms with van der Waals surface area (Å²) >= 11 is 3.29. The van der Waals surface area contributed by atoms with Crippen molar-refractivity contribution < 1.29 is 9.53 Å². The lowest BCUT2D eigenvalue weighted by molar-refractivity contribution is 0.0858. The van der Waals surface area contributed by atoms with Gasteiger partial charge < -0.3 is 10.1 Å². The average Bonchev–Trinajstić information content (AvgIpc) is 3.53. The molecule has 146 valence electrons. The van der Waals surface area contributed by atoms with Crippen molar-refractivity contribution in [3.05, 3.63) is 58.8 Å². The van der Waals surface area contributed by atoms with Crippen LogP contribution in [-0.4, -0.2) is 35.1 Å². The van der Waals surface area contributed by atoms with Crippen molar-refractivity contribution >= 4 is 39.6 Å². The summed E-state index contributed by atoms with van der Waals surface area (Å²) in [6, 6.07) is 13.6. The number of nitrogens with zero attached hydrogens (tertiary/aromatic N) is 2. The van der Waals surface area contributed by atoms with Crippen molar-refractivity contribution in [2.45, 2.75) is 18.9 Å². The molecule has 1 amide bonds. The summed E-state index contributed by atoms with van der Waals surface area (Å²) in [7, 11) is 0. The van der Waals surface area contributed by atoms with E-state index < -0.39 is 0 Å². The fourth-order valence-electron chi connectivity index (χ4n) is 3.48. The Morgan fingerprint density at radius 3 is 2.38 bits per heavy atom. The number of carbonyl (C=O) groups excluding carboxylic acids is 1. The van der Waals surface area contributed by atoms with E-state index in [9.17, 15) is 4.79 Å². The van der Waals surface area contributed by atoms with Crippen molar-refractivity contribution in [3.8, 4) is 21.1 Å². The van der Waals surface area contributed by atoms with Crippen molar-refractivity contribution in [1.29, 1.82) is 0 Å². The van der Waals surface area contributed by atoms with Gasteiger partial charge in [-0.25, -0.2) is 9.97 Å². The topological polar surface area (TPSA) is 64.1 Å². The molecule has 1 aliphatic rings. The Bertz CT molecular complexity index is 1130. The highest BCUT2D eigenvalue weighted by Crippen LogP contribution is 2.35. The fourth-order valence-corrected chi connectivity index (χ4v) is 4.91. The second kappa shape index (κ2) is 8.02. The minimum atomic E-state index is -0.107. The lowest BCUT2D eigenvalue weighted by Crippen LogP contribution is -2.31. The fraction of sp³-hybridized carbons (Fsp3) is 0.227. The molecule has 5 nitrogen and oxygen atoms in total. The van der Waals surface area contributed by atoms with Crippen molar-refractivity contribution in [1.82, 2.24) is 15.3 Å². The Balaban J connectivity index is 1.50. The summed E-state index contributed by atoms with van der Waals surface area (Å²) < 4.78 is 5.58. The smallest absolute Gasteiger partial charge is 0.251 e. The number of fused-ring (bicyclic) bond motifs is 1. The number of rotatable bonds is 5. The Kier molecular flexibility index (Phi) is 5.10. The zero-order valence-electron chi connectivity index (χ0n) is 15.6. The lowest BCUT2D eigenvalue weighted by atomic mass is 10.1. The van der Waals surface area contributed by atoms with Crippen LogP contribution < -0.4 is 5.32 Å². The molecule has 0 radical (unpaired) electrons. The summed E-state index contributed by atoms with van der Waals surface area (Å²) in [6.07, 6.45) is 2.18. The molecule has 0 spiro atoms. The predicted molar refractivity (Wildman–Crippen MR) is 117 cm³/mol. The highest BCUT2D eigenvalue weighted by molar-refractivity contribution is 7.14. The van der Waals surface area contributed by atoms with Gasteiger partial charge in [0, 0.05) is 18.7 Å². The van der Waals surface area contributed by atoms with E-state index in [-0.39, 0.29) is 12.0 Å². The minimum Gasteiger partial charge on any atom is -0.376 e. The molecule has 1 atom stereocenters. The van der Waals surface area contributed by atoms with E-state index in [0.717, 1.165) is 51.6 Å². The van der Waals surface area contributed by atoms with Crippen LogP contribution in [-0.2, 0) is 4.74 Å². The molecule has 0 saturated carbocycles. The molecule has 1 N–H and O–H groups in total. The Morgan fingerprint density at radius 2 is 1.76 bits per heavy atom. The quantitative estimate of drug-likeness (QED) is 0.493. The van der Waals surface area contributed by atoms with Crippen LogP contribution in [0.5, 0.6) is 0 Å². The normalized spacial score (nSPS) is 16.3. The molecule has 5 rings (SSSR count). The predicted octanol–water partition coefficient (Wildman–Crippen LogP) is 5.00. The average molecular weight is 422 g/mol. The van der Waals surface area contributed by atoms with Gasteiger partial charge in [-0.1, -0.05) is 12.1 Å². The van der Waals surface area contributed by atoms with E-state index >= 15 is 0 Å². The third-order valence-electron chi connectivity index (χ3n) is 4.95. The molecule has 4 aromatic rings. The van der Waals surface area contributed by atoms with Crippen molar-refractivity contribution in [2.24, 2.45) is 0 Å². The first-order chi connectivity index (χ1) is 14.3. The minimum absolute atomic E-state index is 0.107. The van der Waals surface area contributed by atoms with E-state index in [1.54, 1.807) is 22.7 Å². The molecule has 7 heteroatoms. The lowest BCUT2D eigenvalue weighted by Gasteiger charge is -2.11. The molecule has 4 heterocycles. The molecule has 1 fully saturated rings. The van der Waals surface area contributed by atoms with Crippen LogP contribution in [0.3, 0.4) is 0 Å². The van der Waals surface area contributed by atoms with Gasteiger partial charge in [-0.15, -0.1) is 22.7 Å². The summed E-state index contributed by atoms with van der Waals surface area (Å²) in [5, 5.41) is 7.05. The highest BCUT2D eigenvalue weighted by Gasteiger charge is 2.18. The highest BCUT2D eigenvalue weighted by atomic mass is 32.1. The van der Waals surface area contributed by atoms with Crippen LogP contribution in [0.2, 0.25) is 0 Å². The first kappa shape index (κ1) is 18.4.